The van der Waals surface area contributed by atoms with Gasteiger partial charge in [-0.15, -0.1) is 16.4 Å². The number of anilines is 1. The third kappa shape index (κ3) is 5.20. The van der Waals surface area contributed by atoms with E-state index >= 15 is 0 Å². The fourth-order valence-corrected chi connectivity index (χ4v) is 5.20. The Morgan fingerprint density at radius 2 is 1.90 bits per heavy atom. The number of H-pyrrole nitrogens is 1. The molecule has 162 valence electrons. The fraction of sp³-hybridized carbons (Fsp3) is 0.526. The van der Waals surface area contributed by atoms with Crippen LogP contribution in [-0.2, 0) is 20.7 Å². The summed E-state index contributed by atoms with van der Waals surface area (Å²) in [7, 11) is 2.50. The van der Waals surface area contributed by atoms with Crippen LogP contribution in [0.25, 0.3) is 0 Å². The normalized spacial score (nSPS) is 14.0. The van der Waals surface area contributed by atoms with Crippen LogP contribution in [0.2, 0.25) is 0 Å². The Labute approximate surface area is 182 Å². The highest BCUT2D eigenvalue weighted by Crippen LogP contribution is 2.34. The number of nitrogens with zero attached hydrogens (tertiary/aromatic N) is 2. The zero-order chi connectivity index (χ0) is 21.7. The van der Waals surface area contributed by atoms with E-state index in [1.807, 2.05) is 0 Å². The minimum absolute atomic E-state index is 0.0613. The monoisotopic (exact) mass is 452 g/mol. The van der Waals surface area contributed by atoms with Crippen LogP contribution in [0.5, 0.6) is 0 Å². The number of amides is 1. The average molecular weight is 453 g/mol. The van der Waals surface area contributed by atoms with Gasteiger partial charge in [-0.3, -0.25) is 9.89 Å². The van der Waals surface area contributed by atoms with Gasteiger partial charge in [0.2, 0.25) is 11.1 Å². The summed E-state index contributed by atoms with van der Waals surface area (Å²) in [6, 6.07) is 0. The van der Waals surface area contributed by atoms with E-state index in [1.165, 1.54) is 51.7 Å². The number of carbonyl (C=O) groups is 3. The highest BCUT2D eigenvalue weighted by atomic mass is 32.2. The van der Waals surface area contributed by atoms with Crippen molar-refractivity contribution in [1.29, 1.82) is 0 Å². The summed E-state index contributed by atoms with van der Waals surface area (Å²) in [5, 5.41) is 10.5. The molecule has 1 aliphatic carbocycles. The molecule has 11 heteroatoms. The lowest BCUT2D eigenvalue weighted by Gasteiger charge is -2.05. The van der Waals surface area contributed by atoms with Crippen LogP contribution in [0, 0.1) is 12.8 Å². The average Bonchev–Trinajstić information content (AvgIpc) is 3.47. The topological polar surface area (TPSA) is 123 Å². The Morgan fingerprint density at radius 1 is 1.20 bits per heavy atom. The van der Waals surface area contributed by atoms with E-state index in [4.69, 9.17) is 9.47 Å². The number of aromatic amines is 1. The summed E-state index contributed by atoms with van der Waals surface area (Å²) in [6.07, 6.45) is 5.87. The molecular weight excluding hydrogens is 428 g/mol. The van der Waals surface area contributed by atoms with Crippen LogP contribution in [0.15, 0.2) is 5.16 Å². The van der Waals surface area contributed by atoms with Gasteiger partial charge in [-0.2, -0.15) is 0 Å². The zero-order valence-corrected chi connectivity index (χ0v) is 18.7. The van der Waals surface area contributed by atoms with Gasteiger partial charge in [-0.05, 0) is 18.4 Å². The van der Waals surface area contributed by atoms with Gasteiger partial charge in [0.25, 0.3) is 0 Å². The second-order valence-corrected chi connectivity index (χ2v) is 8.96. The molecule has 1 amide bonds. The summed E-state index contributed by atoms with van der Waals surface area (Å²) < 4.78 is 9.53. The molecule has 0 radical (unpaired) electrons. The second-order valence-electron chi connectivity index (χ2n) is 7.00. The Balaban J connectivity index is 1.62. The number of esters is 2. The van der Waals surface area contributed by atoms with E-state index < -0.39 is 11.9 Å². The van der Waals surface area contributed by atoms with Crippen molar-refractivity contribution in [2.75, 3.05) is 25.3 Å². The standard InChI is InChI=1S/C19H24N4O5S2/c1-10-14(17(25)27-2)16(30-15(10)18(26)28-3)21-13(24)9-29-19-20-12(22-23-19)8-11-6-4-5-7-11/h11H,4-9H2,1-3H3,(H,21,24)(H,20,22,23). The summed E-state index contributed by atoms with van der Waals surface area (Å²) in [5.74, 6) is 0.00735. The fourth-order valence-electron chi connectivity index (χ4n) is 3.45. The predicted octanol–water partition coefficient (Wildman–Crippen LogP) is 3.21. The Hall–Kier alpha value is -2.40. The van der Waals surface area contributed by atoms with Crippen molar-refractivity contribution in [3.05, 3.63) is 21.8 Å². The molecule has 2 N–H and O–H groups in total. The van der Waals surface area contributed by atoms with Crippen LogP contribution in [0.3, 0.4) is 0 Å². The predicted molar refractivity (Wildman–Crippen MR) is 113 cm³/mol. The van der Waals surface area contributed by atoms with E-state index in [-0.39, 0.29) is 27.1 Å². The molecule has 9 nitrogen and oxygen atoms in total. The lowest BCUT2D eigenvalue weighted by Crippen LogP contribution is -2.16. The molecule has 0 unspecified atom stereocenters. The van der Waals surface area contributed by atoms with Crippen molar-refractivity contribution in [2.45, 2.75) is 44.2 Å². The molecule has 1 fully saturated rings. The van der Waals surface area contributed by atoms with Gasteiger partial charge in [0.15, 0.2) is 0 Å². The maximum absolute atomic E-state index is 12.4. The number of rotatable bonds is 8. The highest BCUT2D eigenvalue weighted by molar-refractivity contribution is 7.99. The Kier molecular flexibility index (Phi) is 7.48. The van der Waals surface area contributed by atoms with Crippen LogP contribution in [-0.4, -0.2) is 53.0 Å². The van der Waals surface area contributed by atoms with Crippen molar-refractivity contribution in [1.82, 2.24) is 15.2 Å². The largest absolute Gasteiger partial charge is 0.465 e. The van der Waals surface area contributed by atoms with Crippen molar-refractivity contribution >= 4 is 45.9 Å². The molecule has 1 saturated carbocycles. The third-order valence-electron chi connectivity index (χ3n) is 4.96. The molecule has 1 aliphatic rings. The van der Waals surface area contributed by atoms with Crippen molar-refractivity contribution in [2.24, 2.45) is 5.92 Å². The van der Waals surface area contributed by atoms with E-state index in [0.717, 1.165) is 23.6 Å². The summed E-state index contributed by atoms with van der Waals surface area (Å²) in [5.41, 5.74) is 0.560. The van der Waals surface area contributed by atoms with Gasteiger partial charge < -0.3 is 14.8 Å². The minimum atomic E-state index is -0.632. The van der Waals surface area contributed by atoms with Gasteiger partial charge in [0, 0.05) is 6.42 Å². The third-order valence-corrected chi connectivity index (χ3v) is 6.99. The van der Waals surface area contributed by atoms with Gasteiger partial charge in [0.05, 0.1) is 25.5 Å². The maximum atomic E-state index is 12.4. The van der Waals surface area contributed by atoms with E-state index in [9.17, 15) is 14.4 Å². The van der Waals surface area contributed by atoms with Gasteiger partial charge >= 0.3 is 11.9 Å². The van der Waals surface area contributed by atoms with Gasteiger partial charge in [0.1, 0.15) is 15.7 Å². The zero-order valence-electron chi connectivity index (χ0n) is 17.1. The number of hydrogen-bond donors (Lipinski definition) is 2. The quantitative estimate of drug-likeness (QED) is 0.462. The maximum Gasteiger partial charge on any atom is 0.348 e. The number of aromatic nitrogens is 3. The number of thiophene rings is 1. The molecule has 2 aromatic heterocycles. The molecule has 3 rings (SSSR count). The van der Waals surface area contributed by atoms with E-state index in [0.29, 0.717) is 16.6 Å². The summed E-state index contributed by atoms with van der Waals surface area (Å²) in [6.45, 7) is 1.61. The van der Waals surface area contributed by atoms with Crippen molar-refractivity contribution in [3.8, 4) is 0 Å². The molecule has 30 heavy (non-hydrogen) atoms. The second kappa shape index (κ2) is 10.1. The number of ether oxygens (including phenoxy) is 2. The Morgan fingerprint density at radius 3 is 2.57 bits per heavy atom. The summed E-state index contributed by atoms with van der Waals surface area (Å²) in [4.78, 5) is 41.2. The molecule has 2 heterocycles. The molecule has 0 atom stereocenters. The molecule has 0 spiro atoms. The number of methoxy groups -OCH3 is 2. The molecule has 0 aromatic carbocycles. The van der Waals surface area contributed by atoms with E-state index in [1.54, 1.807) is 6.92 Å². The lowest BCUT2D eigenvalue weighted by molar-refractivity contribution is -0.113. The van der Waals surface area contributed by atoms with Crippen LogP contribution in [0.1, 0.15) is 57.1 Å². The summed E-state index contributed by atoms with van der Waals surface area (Å²) >= 11 is 2.18. The van der Waals surface area contributed by atoms with Gasteiger partial charge in [-0.1, -0.05) is 37.4 Å². The Bertz CT molecular complexity index is 933. The number of nitrogens with one attached hydrogen (secondary N) is 2. The molecule has 0 saturated heterocycles. The molecule has 0 aliphatic heterocycles. The van der Waals surface area contributed by atoms with E-state index in [2.05, 4.69) is 20.5 Å². The van der Waals surface area contributed by atoms with Crippen LogP contribution in [0.4, 0.5) is 5.00 Å². The first-order valence-corrected chi connectivity index (χ1v) is 11.4. The number of thioether (sulfide) groups is 1. The lowest BCUT2D eigenvalue weighted by atomic mass is 10.0. The van der Waals surface area contributed by atoms with Crippen LogP contribution < -0.4 is 5.32 Å². The first-order valence-electron chi connectivity index (χ1n) is 9.56. The first-order chi connectivity index (χ1) is 14.4. The molecule has 2 aromatic rings. The minimum Gasteiger partial charge on any atom is -0.465 e. The van der Waals surface area contributed by atoms with Crippen LogP contribution >= 0.6 is 23.1 Å². The first kappa shape index (κ1) is 22.3. The molecule has 0 bridgehead atoms. The number of carbonyl (C=O) groups excluding carboxylic acids is 3. The van der Waals surface area contributed by atoms with Crippen molar-refractivity contribution in [3.63, 3.8) is 0 Å². The SMILES string of the molecule is COC(=O)c1sc(NC(=O)CSc2n[nH]c(CC3CCCC3)n2)c(C(=O)OC)c1C. The van der Waals surface area contributed by atoms with Crippen molar-refractivity contribution < 1.29 is 23.9 Å². The molecular formula is C19H24N4O5S2. The smallest absolute Gasteiger partial charge is 0.348 e. The number of hydrogen-bond acceptors (Lipinski definition) is 9. The van der Waals surface area contributed by atoms with Gasteiger partial charge in [-0.25, -0.2) is 14.6 Å². The highest BCUT2D eigenvalue weighted by Gasteiger charge is 2.27.